The fourth-order valence-corrected chi connectivity index (χ4v) is 5.98. The third-order valence-corrected chi connectivity index (χ3v) is 8.65. The Kier molecular flexibility index (Phi) is 29.0. The molecule has 5 heteroatoms. The summed E-state index contributed by atoms with van der Waals surface area (Å²) in [5, 5.41) is 19.8. The molecule has 39 heavy (non-hydrogen) atoms. The Hall–Kier alpha value is -0.260. The smallest absolute Gasteiger partial charge is 0.190 e. The van der Waals surface area contributed by atoms with E-state index in [2.05, 4.69) is 13.8 Å². The molecule has 0 rings (SSSR count). The Morgan fingerprint density at radius 3 is 1.10 bits per heavy atom. The monoisotopic (exact) mass is 586 g/mol. The van der Waals surface area contributed by atoms with Gasteiger partial charge in [0.15, 0.2) is 10.1 Å². The molecular weight excluding hydrogens is 521 g/mol. The minimum atomic E-state index is -1.00. The van der Waals surface area contributed by atoms with E-state index in [4.69, 9.17) is 29.2 Å². The van der Waals surface area contributed by atoms with Gasteiger partial charge in [-0.05, 0) is 37.3 Å². The maximum atomic E-state index is 10.3. The molecular formula is C34H66O3S2. The number of aliphatic hydroxyl groups excluding tert-OH is 2. The number of aliphatic hydroxyl groups is 2. The van der Waals surface area contributed by atoms with Crippen molar-refractivity contribution in [3.8, 4) is 0 Å². The van der Waals surface area contributed by atoms with E-state index in [-0.39, 0.29) is 16.5 Å². The van der Waals surface area contributed by atoms with Crippen molar-refractivity contribution in [2.24, 2.45) is 0 Å². The first-order valence-corrected chi connectivity index (χ1v) is 17.9. The lowest BCUT2D eigenvalue weighted by Gasteiger charge is -2.31. The van der Waals surface area contributed by atoms with Gasteiger partial charge in [-0.25, -0.2) is 0 Å². The molecule has 0 fully saturated rings. The minimum absolute atomic E-state index is 0.118. The largest absolute Gasteiger partial charge is 0.502 e. The van der Waals surface area contributed by atoms with Crippen molar-refractivity contribution in [3.05, 3.63) is 0 Å². The first-order chi connectivity index (χ1) is 19.0. The predicted molar refractivity (Wildman–Crippen MR) is 180 cm³/mol. The number of hydrogen-bond donors (Lipinski definition) is 2. The Bertz CT molecular complexity index is 555. The van der Waals surface area contributed by atoms with Gasteiger partial charge in [0.2, 0.25) is 0 Å². The zero-order chi connectivity index (χ0) is 28.9. The van der Waals surface area contributed by atoms with Gasteiger partial charge in [-0.1, -0.05) is 174 Å². The molecule has 1 atom stereocenters. The molecule has 0 saturated heterocycles. The average molecular weight is 587 g/mol. The van der Waals surface area contributed by atoms with Crippen LogP contribution in [0.2, 0.25) is 0 Å². The van der Waals surface area contributed by atoms with Crippen LogP contribution < -0.4 is 0 Å². The second-order valence-electron chi connectivity index (χ2n) is 12.0. The Balaban J connectivity index is 3.81. The summed E-state index contributed by atoms with van der Waals surface area (Å²) in [5.41, 5.74) is -1.00. The lowest BCUT2D eigenvalue weighted by molar-refractivity contribution is -0.00804. The molecule has 0 aliphatic heterocycles. The summed E-state index contributed by atoms with van der Waals surface area (Å²) < 4.78 is 6.15. The SMILES string of the molecule is CCCCCCCCCCCCCCCCCCCCOC(CCCCCCCCCC)(CC(O)=S)C(O)=S. The van der Waals surface area contributed by atoms with Crippen molar-refractivity contribution in [3.63, 3.8) is 0 Å². The molecule has 0 aliphatic rings. The van der Waals surface area contributed by atoms with Crippen LogP contribution in [0.25, 0.3) is 0 Å². The third-order valence-electron chi connectivity index (χ3n) is 8.14. The number of rotatable bonds is 32. The Labute approximate surface area is 254 Å². The van der Waals surface area contributed by atoms with Gasteiger partial charge in [0.05, 0.1) is 6.42 Å². The van der Waals surface area contributed by atoms with Crippen LogP contribution in [0.1, 0.15) is 194 Å². The van der Waals surface area contributed by atoms with Gasteiger partial charge < -0.3 is 14.9 Å². The molecule has 0 aromatic heterocycles. The van der Waals surface area contributed by atoms with E-state index in [9.17, 15) is 10.2 Å². The summed E-state index contributed by atoms with van der Waals surface area (Å²) in [7, 11) is 0. The van der Waals surface area contributed by atoms with Gasteiger partial charge in [0.1, 0.15) is 5.60 Å². The van der Waals surface area contributed by atoms with Gasteiger partial charge in [0.25, 0.3) is 0 Å². The quantitative estimate of drug-likeness (QED) is 0.0606. The summed E-state index contributed by atoms with van der Waals surface area (Å²) in [6.45, 7) is 5.08. The number of unbranched alkanes of at least 4 members (excludes halogenated alkanes) is 24. The van der Waals surface area contributed by atoms with Crippen molar-refractivity contribution in [1.82, 2.24) is 0 Å². The van der Waals surface area contributed by atoms with Gasteiger partial charge >= 0.3 is 0 Å². The lowest BCUT2D eigenvalue weighted by Crippen LogP contribution is -2.42. The summed E-state index contributed by atoms with van der Waals surface area (Å²) in [6, 6.07) is 0. The topological polar surface area (TPSA) is 49.7 Å². The van der Waals surface area contributed by atoms with E-state index in [1.54, 1.807) is 0 Å². The van der Waals surface area contributed by atoms with Crippen LogP contribution in [-0.4, -0.2) is 32.5 Å². The molecule has 0 spiro atoms. The third kappa shape index (κ3) is 25.2. The second kappa shape index (κ2) is 29.2. The van der Waals surface area contributed by atoms with Crippen molar-refractivity contribution in [1.29, 1.82) is 0 Å². The first-order valence-electron chi connectivity index (χ1n) is 17.1. The van der Waals surface area contributed by atoms with Gasteiger partial charge in [-0.3, -0.25) is 0 Å². The van der Waals surface area contributed by atoms with E-state index < -0.39 is 5.60 Å². The normalized spacial score (nSPS) is 13.0. The highest BCUT2D eigenvalue weighted by molar-refractivity contribution is 7.80. The van der Waals surface area contributed by atoms with Crippen LogP contribution in [0.4, 0.5) is 0 Å². The molecule has 0 radical (unpaired) electrons. The molecule has 0 heterocycles. The summed E-state index contributed by atoms with van der Waals surface area (Å²) >= 11 is 10.1. The highest BCUT2D eigenvalue weighted by atomic mass is 32.1. The zero-order valence-electron chi connectivity index (χ0n) is 26.1. The van der Waals surface area contributed by atoms with Gasteiger partial charge in [-0.2, -0.15) is 0 Å². The summed E-state index contributed by atoms with van der Waals surface area (Å²) in [4.78, 5) is 0. The summed E-state index contributed by atoms with van der Waals surface area (Å²) in [6.07, 6.45) is 34.8. The van der Waals surface area contributed by atoms with Crippen molar-refractivity contribution < 1.29 is 14.9 Å². The number of hydrogen-bond acceptors (Lipinski definition) is 3. The second-order valence-corrected chi connectivity index (χ2v) is 12.8. The van der Waals surface area contributed by atoms with Gasteiger partial charge in [-0.15, -0.1) is 0 Å². The number of thiocarbonyl (C=S) groups is 2. The fourth-order valence-electron chi connectivity index (χ4n) is 5.52. The van der Waals surface area contributed by atoms with E-state index in [0.717, 1.165) is 25.7 Å². The fraction of sp³-hybridized carbons (Fsp3) is 0.941. The highest BCUT2D eigenvalue weighted by Gasteiger charge is 2.37. The van der Waals surface area contributed by atoms with Crippen LogP contribution in [0.5, 0.6) is 0 Å². The van der Waals surface area contributed by atoms with Crippen molar-refractivity contribution >= 4 is 34.5 Å². The molecule has 0 saturated carbocycles. The standard InChI is InChI=1S/C34H66O3S2/c1-3-5-7-9-11-13-14-15-16-17-18-19-20-21-22-24-26-28-30-37-34(33(36)39,31-32(35)38)29-27-25-23-12-10-8-6-4-2/h3-31H2,1-2H3,(H,35,38)(H,36,39). The minimum Gasteiger partial charge on any atom is -0.502 e. The van der Waals surface area contributed by atoms with Crippen molar-refractivity contribution in [2.45, 2.75) is 199 Å². The molecule has 232 valence electrons. The molecule has 2 N–H and O–H groups in total. The molecule has 0 bridgehead atoms. The first kappa shape index (κ1) is 38.7. The maximum Gasteiger partial charge on any atom is 0.190 e. The van der Waals surface area contributed by atoms with Crippen LogP contribution in [-0.2, 0) is 4.74 Å². The van der Waals surface area contributed by atoms with Crippen LogP contribution >= 0.6 is 24.4 Å². The van der Waals surface area contributed by atoms with E-state index >= 15 is 0 Å². The molecule has 0 aromatic rings. The summed E-state index contributed by atoms with van der Waals surface area (Å²) in [5.74, 6) is 0. The van der Waals surface area contributed by atoms with Crippen LogP contribution in [0.3, 0.4) is 0 Å². The van der Waals surface area contributed by atoms with E-state index in [1.807, 2.05) is 0 Å². The van der Waals surface area contributed by atoms with Crippen LogP contribution in [0, 0.1) is 0 Å². The zero-order valence-corrected chi connectivity index (χ0v) is 27.8. The maximum absolute atomic E-state index is 10.3. The molecule has 0 amide bonds. The predicted octanol–water partition coefficient (Wildman–Crippen LogP) is 12.5. The molecule has 3 nitrogen and oxygen atoms in total. The molecule has 1 unspecified atom stereocenters. The van der Waals surface area contributed by atoms with E-state index in [0.29, 0.717) is 13.0 Å². The Morgan fingerprint density at radius 2 is 0.795 bits per heavy atom. The van der Waals surface area contributed by atoms with Crippen molar-refractivity contribution in [2.75, 3.05) is 6.61 Å². The average Bonchev–Trinajstić information content (AvgIpc) is 2.90. The van der Waals surface area contributed by atoms with Crippen LogP contribution in [0.15, 0.2) is 0 Å². The Morgan fingerprint density at radius 1 is 0.487 bits per heavy atom. The molecule has 0 aromatic carbocycles. The van der Waals surface area contributed by atoms with Gasteiger partial charge in [0, 0.05) is 6.61 Å². The number of ether oxygens (including phenoxy) is 1. The lowest BCUT2D eigenvalue weighted by atomic mass is 9.92. The van der Waals surface area contributed by atoms with E-state index in [1.165, 1.54) is 141 Å². The molecule has 0 aliphatic carbocycles. The highest BCUT2D eigenvalue weighted by Crippen LogP contribution is 2.27.